The summed E-state index contributed by atoms with van der Waals surface area (Å²) < 4.78 is 3.04. The van der Waals surface area contributed by atoms with Crippen LogP contribution in [0.25, 0.3) is 0 Å². The third-order valence-corrected chi connectivity index (χ3v) is 4.58. The van der Waals surface area contributed by atoms with Crippen LogP contribution in [-0.4, -0.2) is 22.0 Å². The quantitative estimate of drug-likeness (QED) is 0.895. The molecule has 1 N–H and O–H groups in total. The number of hydrogen-bond donors (Lipinski definition) is 1. The van der Waals surface area contributed by atoms with Gasteiger partial charge in [0, 0.05) is 35.1 Å². The fourth-order valence-corrected chi connectivity index (χ4v) is 3.28. The number of amides is 1. The standard InChI is InChI=1S/C14H16BrN3OS/c1-9-17-11(8-20-9)4-5-16-14(19)13-6-10(15)7-18(13)12-2-3-12/h6-8,12H,2-5H2,1H3,(H,16,19). The zero-order chi connectivity index (χ0) is 14.1. The number of aromatic nitrogens is 2. The Balaban J connectivity index is 1.59. The second kappa shape index (κ2) is 5.69. The number of nitrogens with zero attached hydrogens (tertiary/aromatic N) is 2. The molecule has 20 heavy (non-hydrogen) atoms. The van der Waals surface area contributed by atoms with Crippen molar-refractivity contribution in [1.29, 1.82) is 0 Å². The van der Waals surface area contributed by atoms with Crippen LogP contribution in [0.15, 0.2) is 22.1 Å². The van der Waals surface area contributed by atoms with Crippen molar-refractivity contribution < 1.29 is 4.79 Å². The van der Waals surface area contributed by atoms with Crippen LogP contribution in [0.2, 0.25) is 0 Å². The summed E-state index contributed by atoms with van der Waals surface area (Å²) in [4.78, 5) is 16.6. The van der Waals surface area contributed by atoms with E-state index in [0.29, 0.717) is 12.6 Å². The molecular weight excluding hydrogens is 338 g/mol. The molecule has 1 aliphatic rings. The molecular formula is C14H16BrN3OS. The van der Waals surface area contributed by atoms with Gasteiger partial charge in [-0.1, -0.05) is 0 Å². The second-order valence-corrected chi connectivity index (χ2v) is 7.02. The molecule has 0 aliphatic heterocycles. The summed E-state index contributed by atoms with van der Waals surface area (Å²) in [5.41, 5.74) is 1.79. The van der Waals surface area contributed by atoms with Crippen LogP contribution in [0.5, 0.6) is 0 Å². The van der Waals surface area contributed by atoms with E-state index in [0.717, 1.165) is 27.3 Å². The first kappa shape index (κ1) is 13.8. The number of nitrogens with one attached hydrogen (secondary N) is 1. The van der Waals surface area contributed by atoms with E-state index < -0.39 is 0 Å². The predicted molar refractivity (Wildman–Crippen MR) is 83.3 cm³/mol. The monoisotopic (exact) mass is 353 g/mol. The average molecular weight is 354 g/mol. The predicted octanol–water partition coefficient (Wildman–Crippen LogP) is 3.32. The fourth-order valence-electron chi connectivity index (χ4n) is 2.20. The van der Waals surface area contributed by atoms with Crippen LogP contribution in [0.1, 0.15) is 40.1 Å². The number of halogens is 1. The van der Waals surface area contributed by atoms with Crippen LogP contribution in [0.3, 0.4) is 0 Å². The Bertz CT molecular complexity index is 630. The molecule has 1 amide bonds. The third-order valence-electron chi connectivity index (χ3n) is 3.32. The maximum Gasteiger partial charge on any atom is 0.267 e. The molecule has 2 aromatic heterocycles. The summed E-state index contributed by atoms with van der Waals surface area (Å²) >= 11 is 5.09. The van der Waals surface area contributed by atoms with Crippen molar-refractivity contribution in [2.45, 2.75) is 32.2 Å². The Morgan fingerprint density at radius 1 is 1.60 bits per heavy atom. The lowest BCUT2D eigenvalue weighted by atomic mass is 10.3. The number of carbonyl (C=O) groups is 1. The van der Waals surface area contributed by atoms with E-state index in [1.807, 2.05) is 24.6 Å². The number of thiazole rings is 1. The Hall–Kier alpha value is -1.14. The van der Waals surface area contributed by atoms with Crippen LogP contribution in [0.4, 0.5) is 0 Å². The molecule has 1 saturated carbocycles. The first-order valence-electron chi connectivity index (χ1n) is 6.70. The summed E-state index contributed by atoms with van der Waals surface area (Å²) in [7, 11) is 0. The molecule has 2 heterocycles. The van der Waals surface area contributed by atoms with Gasteiger partial charge in [-0.25, -0.2) is 4.98 Å². The van der Waals surface area contributed by atoms with Gasteiger partial charge in [0.15, 0.2) is 0 Å². The molecule has 4 nitrogen and oxygen atoms in total. The van der Waals surface area contributed by atoms with Gasteiger partial charge < -0.3 is 9.88 Å². The van der Waals surface area contributed by atoms with Gasteiger partial charge in [-0.2, -0.15) is 0 Å². The Morgan fingerprint density at radius 2 is 2.40 bits per heavy atom. The molecule has 0 spiro atoms. The number of carbonyl (C=O) groups excluding carboxylic acids is 1. The van der Waals surface area contributed by atoms with Crippen LogP contribution in [-0.2, 0) is 6.42 Å². The molecule has 6 heteroatoms. The first-order chi connectivity index (χ1) is 9.63. The van der Waals surface area contributed by atoms with E-state index in [4.69, 9.17) is 0 Å². The van der Waals surface area contributed by atoms with Gasteiger partial charge in [0.25, 0.3) is 5.91 Å². The van der Waals surface area contributed by atoms with Gasteiger partial charge in [-0.3, -0.25) is 4.79 Å². The lowest BCUT2D eigenvalue weighted by Gasteiger charge is -2.08. The molecule has 0 atom stereocenters. The molecule has 3 rings (SSSR count). The number of aryl methyl sites for hydroxylation is 1. The van der Waals surface area contributed by atoms with Crippen molar-refractivity contribution >= 4 is 33.2 Å². The number of hydrogen-bond acceptors (Lipinski definition) is 3. The molecule has 0 bridgehead atoms. The van der Waals surface area contributed by atoms with Gasteiger partial charge in [-0.05, 0) is 41.8 Å². The summed E-state index contributed by atoms with van der Waals surface area (Å²) in [5, 5.41) is 6.09. The van der Waals surface area contributed by atoms with E-state index in [-0.39, 0.29) is 5.91 Å². The normalized spacial score (nSPS) is 14.5. The van der Waals surface area contributed by atoms with Crippen LogP contribution >= 0.6 is 27.3 Å². The lowest BCUT2D eigenvalue weighted by Crippen LogP contribution is -2.27. The molecule has 2 aromatic rings. The highest BCUT2D eigenvalue weighted by Gasteiger charge is 2.27. The SMILES string of the molecule is Cc1nc(CCNC(=O)c2cc(Br)cn2C2CC2)cs1. The topological polar surface area (TPSA) is 46.9 Å². The van der Waals surface area contributed by atoms with E-state index in [1.54, 1.807) is 11.3 Å². The third kappa shape index (κ3) is 3.12. The Kier molecular flexibility index (Phi) is 3.94. The highest BCUT2D eigenvalue weighted by molar-refractivity contribution is 9.10. The molecule has 0 saturated heterocycles. The summed E-state index contributed by atoms with van der Waals surface area (Å²) in [6.45, 7) is 2.61. The smallest absolute Gasteiger partial charge is 0.267 e. The minimum Gasteiger partial charge on any atom is -0.350 e. The summed E-state index contributed by atoms with van der Waals surface area (Å²) in [6, 6.07) is 2.39. The molecule has 1 fully saturated rings. The first-order valence-corrected chi connectivity index (χ1v) is 8.37. The minimum absolute atomic E-state index is 0.00504. The van der Waals surface area contributed by atoms with Crippen molar-refractivity contribution in [2.24, 2.45) is 0 Å². The molecule has 0 unspecified atom stereocenters. The van der Waals surface area contributed by atoms with Crippen LogP contribution < -0.4 is 5.32 Å². The van der Waals surface area contributed by atoms with Crippen molar-refractivity contribution in [3.63, 3.8) is 0 Å². The average Bonchev–Trinajstić information content (AvgIpc) is 3.06. The second-order valence-electron chi connectivity index (χ2n) is 5.05. The van der Waals surface area contributed by atoms with Gasteiger partial charge in [-0.15, -0.1) is 11.3 Å². The Morgan fingerprint density at radius 3 is 3.05 bits per heavy atom. The zero-order valence-electron chi connectivity index (χ0n) is 11.2. The number of rotatable bonds is 5. The molecule has 1 aliphatic carbocycles. The highest BCUT2D eigenvalue weighted by Crippen LogP contribution is 2.37. The van der Waals surface area contributed by atoms with Gasteiger partial charge >= 0.3 is 0 Å². The summed E-state index contributed by atoms with van der Waals surface area (Å²) in [5.74, 6) is -0.00504. The minimum atomic E-state index is -0.00504. The van der Waals surface area contributed by atoms with Gasteiger partial charge in [0.2, 0.25) is 0 Å². The molecule has 106 valence electrons. The van der Waals surface area contributed by atoms with Crippen molar-refractivity contribution in [3.05, 3.63) is 38.5 Å². The van der Waals surface area contributed by atoms with E-state index in [1.165, 1.54) is 12.8 Å². The maximum atomic E-state index is 12.2. The molecule has 0 aromatic carbocycles. The van der Waals surface area contributed by atoms with Gasteiger partial charge in [0.1, 0.15) is 5.69 Å². The molecule has 0 radical (unpaired) electrons. The highest BCUT2D eigenvalue weighted by atomic mass is 79.9. The summed E-state index contributed by atoms with van der Waals surface area (Å²) in [6.07, 6.45) is 5.11. The van der Waals surface area contributed by atoms with Crippen LogP contribution in [0, 0.1) is 6.92 Å². The maximum absolute atomic E-state index is 12.2. The van der Waals surface area contributed by atoms with E-state index in [2.05, 4.69) is 30.8 Å². The fraction of sp³-hybridized carbons (Fsp3) is 0.429. The van der Waals surface area contributed by atoms with Crippen molar-refractivity contribution in [2.75, 3.05) is 6.54 Å². The zero-order valence-corrected chi connectivity index (χ0v) is 13.6. The van der Waals surface area contributed by atoms with Gasteiger partial charge in [0.05, 0.1) is 10.7 Å². The van der Waals surface area contributed by atoms with Crippen molar-refractivity contribution in [1.82, 2.24) is 14.9 Å². The van der Waals surface area contributed by atoms with Crippen molar-refractivity contribution in [3.8, 4) is 0 Å². The lowest BCUT2D eigenvalue weighted by molar-refractivity contribution is 0.0944. The van der Waals surface area contributed by atoms with E-state index in [9.17, 15) is 4.79 Å². The Labute approximate surface area is 130 Å². The van der Waals surface area contributed by atoms with E-state index >= 15 is 0 Å². The largest absolute Gasteiger partial charge is 0.350 e.